The molecule has 3 rings (SSSR count). The van der Waals surface area contributed by atoms with Gasteiger partial charge in [0.2, 0.25) is 5.91 Å². The highest BCUT2D eigenvalue weighted by atomic mass is 35.5. The average Bonchev–Trinajstić information content (AvgIpc) is 2.88. The first-order chi connectivity index (χ1) is 11.9. The maximum Gasteiger partial charge on any atom is 0.240 e. The van der Waals surface area contributed by atoms with E-state index in [1.165, 1.54) is 24.0 Å². The predicted molar refractivity (Wildman–Crippen MR) is 117 cm³/mol. The molecule has 0 aromatic heterocycles. The lowest BCUT2D eigenvalue weighted by Gasteiger charge is -2.34. The van der Waals surface area contributed by atoms with Crippen molar-refractivity contribution >= 4 is 30.7 Å². The lowest BCUT2D eigenvalue weighted by molar-refractivity contribution is -0.138. The van der Waals surface area contributed by atoms with Gasteiger partial charge < -0.3 is 10.2 Å². The predicted octanol–water partition coefficient (Wildman–Crippen LogP) is 3.65. The number of rotatable bonds is 4. The zero-order valence-electron chi connectivity index (χ0n) is 17.0. The van der Waals surface area contributed by atoms with Gasteiger partial charge in [-0.1, -0.05) is 29.8 Å². The lowest BCUT2D eigenvalue weighted by atomic mass is 9.77. The van der Waals surface area contributed by atoms with Crippen LogP contribution in [0.15, 0.2) is 24.3 Å². The Labute approximate surface area is 176 Å². The van der Waals surface area contributed by atoms with Crippen LogP contribution in [0.25, 0.3) is 0 Å². The van der Waals surface area contributed by atoms with Gasteiger partial charge in [0, 0.05) is 19.1 Å². The first-order valence-corrected chi connectivity index (χ1v) is 9.67. The fraction of sp³-hybridized carbons (Fsp3) is 0.667. The summed E-state index contributed by atoms with van der Waals surface area (Å²) in [6, 6.07) is 8.75. The fourth-order valence-electron chi connectivity index (χ4n) is 4.58. The molecule has 1 N–H and O–H groups in total. The molecular weight excluding hydrogens is 381 g/mol. The summed E-state index contributed by atoms with van der Waals surface area (Å²) < 4.78 is 0. The van der Waals surface area contributed by atoms with E-state index in [1.807, 2.05) is 0 Å². The van der Waals surface area contributed by atoms with Gasteiger partial charge in [-0.2, -0.15) is 0 Å². The molecule has 154 valence electrons. The number of nitrogens with one attached hydrogen (secondary N) is 1. The molecule has 2 aliphatic rings. The molecule has 0 aliphatic carbocycles. The van der Waals surface area contributed by atoms with Crippen LogP contribution < -0.4 is 5.32 Å². The standard InChI is InChI=1S/C21H33N3O.2ClH/c1-16(2)24(14-18-7-5-6-17(3)12-18)20(25)19-13-21(15-23(19)4)8-10-22-11-9-21;;/h5-7,12,16,19,22H,8-11,13-15H2,1-4H3;2*1H. The van der Waals surface area contributed by atoms with Crippen LogP contribution in [0.3, 0.4) is 0 Å². The molecule has 2 aliphatic heterocycles. The van der Waals surface area contributed by atoms with Crippen LogP contribution in [-0.2, 0) is 11.3 Å². The smallest absolute Gasteiger partial charge is 0.240 e. The highest BCUT2D eigenvalue weighted by Gasteiger charge is 2.46. The second-order valence-corrected chi connectivity index (χ2v) is 8.43. The van der Waals surface area contributed by atoms with Crippen LogP contribution in [0.5, 0.6) is 0 Å². The number of nitrogens with zero attached hydrogens (tertiary/aromatic N) is 2. The minimum atomic E-state index is 0. The van der Waals surface area contributed by atoms with E-state index in [-0.39, 0.29) is 36.9 Å². The number of likely N-dealkylation sites (N-methyl/N-ethyl adjacent to an activating group) is 1. The normalized spacial score (nSPS) is 21.6. The molecule has 2 fully saturated rings. The van der Waals surface area contributed by atoms with Crippen molar-refractivity contribution in [3.8, 4) is 0 Å². The number of carbonyl (C=O) groups excluding carboxylic acids is 1. The van der Waals surface area contributed by atoms with Crippen LogP contribution in [-0.4, -0.2) is 54.5 Å². The van der Waals surface area contributed by atoms with Crippen molar-refractivity contribution in [2.24, 2.45) is 5.41 Å². The Bertz CT molecular complexity index is 617. The Kier molecular flexibility index (Phi) is 9.07. The number of likely N-dealkylation sites (tertiary alicyclic amines) is 1. The summed E-state index contributed by atoms with van der Waals surface area (Å²) in [5, 5.41) is 3.46. The van der Waals surface area contributed by atoms with E-state index in [0.29, 0.717) is 17.9 Å². The highest BCUT2D eigenvalue weighted by molar-refractivity contribution is 5.85. The number of carbonyl (C=O) groups is 1. The van der Waals surface area contributed by atoms with Crippen LogP contribution in [0.1, 0.15) is 44.2 Å². The molecule has 27 heavy (non-hydrogen) atoms. The van der Waals surface area contributed by atoms with Crippen LogP contribution in [0.4, 0.5) is 0 Å². The molecule has 1 aromatic carbocycles. The molecule has 0 radical (unpaired) electrons. The molecule has 1 amide bonds. The summed E-state index contributed by atoms with van der Waals surface area (Å²) in [5.41, 5.74) is 2.81. The van der Waals surface area contributed by atoms with Crippen molar-refractivity contribution in [3.63, 3.8) is 0 Å². The molecule has 2 heterocycles. The molecule has 1 aromatic rings. The minimum Gasteiger partial charge on any atom is -0.335 e. The van der Waals surface area contributed by atoms with Gasteiger partial charge >= 0.3 is 0 Å². The molecular formula is C21H35Cl2N3O. The quantitative estimate of drug-likeness (QED) is 0.814. The molecule has 0 saturated carbocycles. The second kappa shape index (κ2) is 10.1. The Morgan fingerprint density at radius 1 is 1.30 bits per heavy atom. The maximum absolute atomic E-state index is 13.4. The van der Waals surface area contributed by atoms with Crippen molar-refractivity contribution < 1.29 is 4.79 Å². The molecule has 2 saturated heterocycles. The van der Waals surface area contributed by atoms with Crippen molar-refractivity contribution in [1.82, 2.24) is 15.1 Å². The fourth-order valence-corrected chi connectivity index (χ4v) is 4.58. The van der Waals surface area contributed by atoms with Crippen molar-refractivity contribution in [2.45, 2.75) is 58.7 Å². The van der Waals surface area contributed by atoms with Crippen molar-refractivity contribution in [1.29, 1.82) is 0 Å². The summed E-state index contributed by atoms with van der Waals surface area (Å²) in [6.45, 7) is 10.3. The summed E-state index contributed by atoms with van der Waals surface area (Å²) in [4.78, 5) is 17.8. The highest BCUT2D eigenvalue weighted by Crippen LogP contribution is 2.41. The van der Waals surface area contributed by atoms with E-state index < -0.39 is 0 Å². The van der Waals surface area contributed by atoms with Crippen LogP contribution >= 0.6 is 24.8 Å². The number of piperidine rings is 1. The van der Waals surface area contributed by atoms with Crippen LogP contribution in [0.2, 0.25) is 0 Å². The molecule has 1 atom stereocenters. The minimum absolute atomic E-state index is 0. The van der Waals surface area contributed by atoms with E-state index in [4.69, 9.17) is 0 Å². The van der Waals surface area contributed by atoms with Gasteiger partial charge in [0.05, 0.1) is 6.04 Å². The number of aryl methyl sites for hydroxylation is 1. The second-order valence-electron chi connectivity index (χ2n) is 8.43. The number of halogens is 2. The first kappa shape index (κ1) is 24.2. The molecule has 1 spiro atoms. The third-order valence-electron chi connectivity index (χ3n) is 6.03. The Morgan fingerprint density at radius 2 is 1.96 bits per heavy atom. The Balaban J connectivity index is 0.00000182. The van der Waals surface area contributed by atoms with Crippen molar-refractivity contribution in [2.75, 3.05) is 26.7 Å². The largest absolute Gasteiger partial charge is 0.335 e. The van der Waals surface area contributed by atoms with Gasteiger partial charge in [-0.05, 0) is 71.1 Å². The third kappa shape index (κ3) is 5.60. The zero-order valence-corrected chi connectivity index (χ0v) is 18.7. The zero-order chi connectivity index (χ0) is 18.0. The SMILES string of the molecule is Cc1cccc(CN(C(=O)C2CC3(CCNCC3)CN2C)C(C)C)c1.Cl.Cl. The molecule has 1 unspecified atom stereocenters. The summed E-state index contributed by atoms with van der Waals surface area (Å²) in [6.07, 6.45) is 3.41. The number of amides is 1. The summed E-state index contributed by atoms with van der Waals surface area (Å²) in [7, 11) is 2.13. The topological polar surface area (TPSA) is 35.6 Å². The van der Waals surface area contributed by atoms with Gasteiger partial charge in [0.15, 0.2) is 0 Å². The van der Waals surface area contributed by atoms with Gasteiger partial charge in [-0.25, -0.2) is 0 Å². The van der Waals surface area contributed by atoms with Crippen molar-refractivity contribution in [3.05, 3.63) is 35.4 Å². The van der Waals surface area contributed by atoms with E-state index in [1.54, 1.807) is 0 Å². The lowest BCUT2D eigenvalue weighted by Crippen LogP contribution is -2.46. The average molecular weight is 416 g/mol. The Morgan fingerprint density at radius 3 is 2.56 bits per heavy atom. The first-order valence-electron chi connectivity index (χ1n) is 9.67. The summed E-state index contributed by atoms with van der Waals surface area (Å²) >= 11 is 0. The molecule has 0 bridgehead atoms. The van der Waals surface area contributed by atoms with Gasteiger partial charge in [0.1, 0.15) is 0 Å². The number of hydrogen-bond acceptors (Lipinski definition) is 3. The van der Waals surface area contributed by atoms with E-state index in [2.05, 4.69) is 67.2 Å². The summed E-state index contributed by atoms with van der Waals surface area (Å²) in [5.74, 6) is 0.300. The van der Waals surface area contributed by atoms with Gasteiger partial charge in [-0.15, -0.1) is 24.8 Å². The number of benzene rings is 1. The number of hydrogen-bond donors (Lipinski definition) is 1. The van der Waals surface area contributed by atoms with Gasteiger partial charge in [-0.3, -0.25) is 9.69 Å². The Hall–Kier alpha value is -0.810. The van der Waals surface area contributed by atoms with E-state index in [9.17, 15) is 4.79 Å². The molecule has 6 heteroatoms. The maximum atomic E-state index is 13.4. The van der Waals surface area contributed by atoms with Gasteiger partial charge in [0.25, 0.3) is 0 Å². The van der Waals surface area contributed by atoms with Crippen LogP contribution in [0, 0.1) is 12.3 Å². The molecule has 4 nitrogen and oxygen atoms in total. The van der Waals surface area contributed by atoms with E-state index in [0.717, 1.165) is 26.1 Å². The van der Waals surface area contributed by atoms with E-state index >= 15 is 0 Å². The third-order valence-corrected chi connectivity index (χ3v) is 6.03. The monoisotopic (exact) mass is 415 g/mol.